The molecular formula is C14H21NO2. The van der Waals surface area contributed by atoms with E-state index in [4.69, 9.17) is 10.5 Å². The van der Waals surface area contributed by atoms with Crippen LogP contribution in [0.3, 0.4) is 0 Å². The summed E-state index contributed by atoms with van der Waals surface area (Å²) < 4.78 is 5.11. The molecular weight excluding hydrogens is 214 g/mol. The van der Waals surface area contributed by atoms with E-state index < -0.39 is 6.10 Å². The van der Waals surface area contributed by atoms with E-state index in [1.54, 1.807) is 7.11 Å². The van der Waals surface area contributed by atoms with Gasteiger partial charge in [0.25, 0.3) is 0 Å². The molecule has 3 nitrogen and oxygen atoms in total. The van der Waals surface area contributed by atoms with E-state index in [2.05, 4.69) is 0 Å². The van der Waals surface area contributed by atoms with Crippen molar-refractivity contribution in [2.75, 3.05) is 7.11 Å². The molecule has 0 amide bonds. The molecule has 1 aromatic carbocycles. The third-order valence-electron chi connectivity index (χ3n) is 3.75. The topological polar surface area (TPSA) is 55.5 Å². The first kappa shape index (κ1) is 12.4. The lowest BCUT2D eigenvalue weighted by atomic mass is 9.91. The number of hydrogen-bond donors (Lipinski definition) is 2. The molecule has 0 aliphatic heterocycles. The van der Waals surface area contributed by atoms with Gasteiger partial charge >= 0.3 is 0 Å². The van der Waals surface area contributed by atoms with Crippen LogP contribution in [0.2, 0.25) is 0 Å². The fourth-order valence-electron chi connectivity index (χ4n) is 2.62. The first-order valence-corrected chi connectivity index (χ1v) is 6.30. The Balaban J connectivity index is 2.04. The molecule has 1 aromatic rings. The van der Waals surface area contributed by atoms with Crippen molar-refractivity contribution in [1.29, 1.82) is 0 Å². The van der Waals surface area contributed by atoms with Crippen LogP contribution in [-0.4, -0.2) is 18.3 Å². The predicted molar refractivity (Wildman–Crippen MR) is 67.9 cm³/mol. The Labute approximate surface area is 103 Å². The van der Waals surface area contributed by atoms with Crippen molar-refractivity contribution in [3.05, 3.63) is 29.8 Å². The van der Waals surface area contributed by atoms with Crippen molar-refractivity contribution in [3.63, 3.8) is 0 Å². The fourth-order valence-corrected chi connectivity index (χ4v) is 2.62. The van der Waals surface area contributed by atoms with Crippen molar-refractivity contribution in [2.24, 2.45) is 11.7 Å². The molecule has 3 N–H and O–H groups in total. The molecule has 2 atom stereocenters. The molecule has 1 aliphatic carbocycles. The van der Waals surface area contributed by atoms with Crippen molar-refractivity contribution in [1.82, 2.24) is 0 Å². The van der Waals surface area contributed by atoms with E-state index in [1.807, 2.05) is 24.3 Å². The standard InChI is InChI=1S/C14H21NO2/c1-17-12-8-6-10(7-9-12)13(15)14(16)11-4-2-3-5-11/h6-9,11,13-14,16H,2-5,15H2,1H3/t13-,14+/m0/s1. The maximum atomic E-state index is 10.2. The van der Waals surface area contributed by atoms with Crippen molar-refractivity contribution in [3.8, 4) is 5.75 Å². The third-order valence-corrected chi connectivity index (χ3v) is 3.75. The minimum absolute atomic E-state index is 0.288. The molecule has 94 valence electrons. The molecule has 3 heteroatoms. The van der Waals surface area contributed by atoms with Gasteiger partial charge in [0.1, 0.15) is 5.75 Å². The van der Waals surface area contributed by atoms with Crippen molar-refractivity contribution >= 4 is 0 Å². The molecule has 0 spiro atoms. The highest BCUT2D eigenvalue weighted by molar-refractivity contribution is 5.29. The summed E-state index contributed by atoms with van der Waals surface area (Å²) >= 11 is 0. The Morgan fingerprint density at radius 2 is 1.82 bits per heavy atom. The Kier molecular flexibility index (Phi) is 4.02. The number of aliphatic hydroxyl groups is 1. The largest absolute Gasteiger partial charge is 0.497 e. The van der Waals surface area contributed by atoms with E-state index in [9.17, 15) is 5.11 Å². The maximum Gasteiger partial charge on any atom is 0.118 e. The second kappa shape index (κ2) is 5.52. The van der Waals surface area contributed by atoms with Gasteiger partial charge in [0, 0.05) is 0 Å². The van der Waals surface area contributed by atoms with Crippen LogP contribution in [-0.2, 0) is 0 Å². The van der Waals surface area contributed by atoms with Crippen molar-refractivity contribution < 1.29 is 9.84 Å². The van der Waals surface area contributed by atoms with Gasteiger partial charge in [-0.2, -0.15) is 0 Å². The molecule has 1 saturated carbocycles. The zero-order chi connectivity index (χ0) is 12.3. The van der Waals surface area contributed by atoms with Crippen molar-refractivity contribution in [2.45, 2.75) is 37.8 Å². The smallest absolute Gasteiger partial charge is 0.118 e. The lowest BCUT2D eigenvalue weighted by molar-refractivity contribution is 0.0845. The summed E-state index contributed by atoms with van der Waals surface area (Å²) in [5.74, 6) is 1.18. The summed E-state index contributed by atoms with van der Waals surface area (Å²) in [4.78, 5) is 0. The zero-order valence-corrected chi connectivity index (χ0v) is 10.3. The zero-order valence-electron chi connectivity index (χ0n) is 10.3. The van der Waals surface area contributed by atoms with Gasteiger partial charge in [-0.3, -0.25) is 0 Å². The molecule has 0 unspecified atom stereocenters. The SMILES string of the molecule is COc1ccc([C@H](N)[C@H](O)C2CCCC2)cc1. The predicted octanol–water partition coefficient (Wildman–Crippen LogP) is 2.25. The van der Waals surface area contributed by atoms with Crippen LogP contribution in [0.4, 0.5) is 0 Å². The lowest BCUT2D eigenvalue weighted by Crippen LogP contribution is -2.31. The highest BCUT2D eigenvalue weighted by atomic mass is 16.5. The quantitative estimate of drug-likeness (QED) is 0.841. The second-order valence-corrected chi connectivity index (χ2v) is 4.83. The van der Waals surface area contributed by atoms with Gasteiger partial charge in [-0.05, 0) is 36.5 Å². The van der Waals surface area contributed by atoms with Crippen LogP contribution in [0.25, 0.3) is 0 Å². The molecule has 1 fully saturated rings. The van der Waals surface area contributed by atoms with E-state index in [0.717, 1.165) is 24.2 Å². The Bertz CT molecular complexity index is 344. The molecule has 1 aliphatic rings. The van der Waals surface area contributed by atoms with Gasteiger partial charge in [-0.15, -0.1) is 0 Å². The van der Waals surface area contributed by atoms with E-state index in [-0.39, 0.29) is 6.04 Å². The summed E-state index contributed by atoms with van der Waals surface area (Å²) in [5.41, 5.74) is 7.10. The molecule has 0 radical (unpaired) electrons. The Morgan fingerprint density at radius 3 is 2.35 bits per heavy atom. The van der Waals surface area contributed by atoms with Gasteiger partial charge in [0.2, 0.25) is 0 Å². The number of rotatable bonds is 4. The molecule has 0 aromatic heterocycles. The van der Waals surface area contributed by atoms with Crippen LogP contribution in [0, 0.1) is 5.92 Å². The summed E-state index contributed by atoms with van der Waals surface area (Å²) in [6.07, 6.45) is 4.22. The Hall–Kier alpha value is -1.06. The van der Waals surface area contributed by atoms with Crippen LogP contribution < -0.4 is 10.5 Å². The summed E-state index contributed by atoms with van der Waals surface area (Å²) in [5, 5.41) is 10.2. The van der Waals surface area contributed by atoms with Gasteiger partial charge in [0.05, 0.1) is 19.3 Å². The number of hydrogen-bond acceptors (Lipinski definition) is 3. The average Bonchev–Trinajstić information content (AvgIpc) is 2.91. The van der Waals surface area contributed by atoms with Gasteiger partial charge in [-0.1, -0.05) is 25.0 Å². The van der Waals surface area contributed by atoms with E-state index in [1.165, 1.54) is 12.8 Å². The minimum Gasteiger partial charge on any atom is -0.497 e. The van der Waals surface area contributed by atoms with Crippen LogP contribution in [0.15, 0.2) is 24.3 Å². The summed E-state index contributed by atoms with van der Waals surface area (Å²) in [6.45, 7) is 0. The lowest BCUT2D eigenvalue weighted by Gasteiger charge is -2.24. The first-order valence-electron chi connectivity index (χ1n) is 6.30. The molecule has 17 heavy (non-hydrogen) atoms. The highest BCUT2D eigenvalue weighted by Gasteiger charge is 2.28. The number of aliphatic hydroxyl groups excluding tert-OH is 1. The van der Waals surface area contributed by atoms with Crippen LogP contribution in [0.1, 0.15) is 37.3 Å². The highest BCUT2D eigenvalue weighted by Crippen LogP contribution is 2.32. The van der Waals surface area contributed by atoms with E-state index in [0.29, 0.717) is 5.92 Å². The monoisotopic (exact) mass is 235 g/mol. The van der Waals surface area contributed by atoms with E-state index >= 15 is 0 Å². The number of benzene rings is 1. The van der Waals surface area contributed by atoms with Gasteiger partial charge in [0.15, 0.2) is 0 Å². The minimum atomic E-state index is -0.425. The number of nitrogens with two attached hydrogens (primary N) is 1. The first-order chi connectivity index (χ1) is 8.22. The second-order valence-electron chi connectivity index (χ2n) is 4.83. The normalized spacial score (nSPS) is 20.2. The molecule has 0 bridgehead atoms. The van der Waals surface area contributed by atoms with Crippen LogP contribution >= 0.6 is 0 Å². The summed E-state index contributed by atoms with van der Waals surface area (Å²) in [6, 6.07) is 7.35. The average molecular weight is 235 g/mol. The number of ether oxygens (including phenoxy) is 1. The number of methoxy groups -OCH3 is 1. The van der Waals surface area contributed by atoms with Gasteiger partial charge < -0.3 is 15.6 Å². The third kappa shape index (κ3) is 2.79. The molecule has 0 heterocycles. The van der Waals surface area contributed by atoms with Crippen LogP contribution in [0.5, 0.6) is 5.75 Å². The fraction of sp³-hybridized carbons (Fsp3) is 0.571. The molecule has 0 saturated heterocycles. The Morgan fingerprint density at radius 1 is 1.24 bits per heavy atom. The summed E-state index contributed by atoms with van der Waals surface area (Å²) in [7, 11) is 1.64. The molecule has 2 rings (SSSR count). The maximum absolute atomic E-state index is 10.2. The van der Waals surface area contributed by atoms with Gasteiger partial charge in [-0.25, -0.2) is 0 Å².